The predicted octanol–water partition coefficient (Wildman–Crippen LogP) is 3.56. The first-order valence-electron chi connectivity index (χ1n) is 13.6. The molecule has 0 saturated heterocycles. The maximum atomic E-state index is 13.0. The standard InChI is InChI=1S/C30H38N2O8S2/c1-21-11-15-25(16-12-21)41(35,36)31-27-19-39-29(33)10-6-8-24(4)28(20-40-30(34)9-5-7-23(27)3)32-42(37,38)26-17-13-22(2)14-18-26/h5-8,11-18,23-24,27-28,31-32H,9-10,19-20H2,1-4H3/b7-5+,8-6+/t23-,24-,27-,28-/m1/s1. The first-order chi connectivity index (χ1) is 19.8. The molecule has 0 radical (unpaired) electrons. The summed E-state index contributed by atoms with van der Waals surface area (Å²) in [6.45, 7) is 6.70. The van der Waals surface area contributed by atoms with Gasteiger partial charge in [-0.05, 0) is 49.9 Å². The van der Waals surface area contributed by atoms with Crippen LogP contribution in [-0.4, -0.2) is 54.1 Å². The van der Waals surface area contributed by atoms with Gasteiger partial charge in [-0.15, -0.1) is 0 Å². The number of cyclic esters (lactones) is 2. The van der Waals surface area contributed by atoms with Gasteiger partial charge >= 0.3 is 11.9 Å². The molecule has 0 spiro atoms. The third-order valence-corrected chi connectivity index (χ3v) is 9.85. The first-order valence-corrected chi connectivity index (χ1v) is 16.6. The third-order valence-electron chi connectivity index (χ3n) is 6.84. The number of benzene rings is 2. The molecule has 0 bridgehead atoms. The van der Waals surface area contributed by atoms with E-state index < -0.39 is 55.9 Å². The van der Waals surface area contributed by atoms with E-state index in [1.807, 2.05) is 13.8 Å². The van der Waals surface area contributed by atoms with Crippen LogP contribution in [0.4, 0.5) is 0 Å². The zero-order chi connectivity index (χ0) is 30.9. The van der Waals surface area contributed by atoms with Crippen LogP contribution in [0.5, 0.6) is 0 Å². The molecule has 4 atom stereocenters. The molecule has 0 aliphatic carbocycles. The average molecular weight is 619 g/mol. The second-order valence-corrected chi connectivity index (χ2v) is 13.9. The van der Waals surface area contributed by atoms with Crippen molar-refractivity contribution in [2.24, 2.45) is 11.8 Å². The lowest BCUT2D eigenvalue weighted by Gasteiger charge is -2.24. The smallest absolute Gasteiger partial charge is 0.309 e. The van der Waals surface area contributed by atoms with E-state index in [1.165, 1.54) is 24.3 Å². The summed E-state index contributed by atoms with van der Waals surface area (Å²) in [5.41, 5.74) is 1.82. The van der Waals surface area contributed by atoms with Gasteiger partial charge in [-0.2, -0.15) is 0 Å². The number of hydrogen-bond acceptors (Lipinski definition) is 8. The Morgan fingerprint density at radius 3 is 1.29 bits per heavy atom. The van der Waals surface area contributed by atoms with E-state index in [2.05, 4.69) is 9.44 Å². The second-order valence-electron chi connectivity index (χ2n) is 10.4. The second kappa shape index (κ2) is 14.7. The Morgan fingerprint density at radius 1 is 0.619 bits per heavy atom. The van der Waals surface area contributed by atoms with Crippen molar-refractivity contribution < 1.29 is 35.9 Å². The summed E-state index contributed by atoms with van der Waals surface area (Å²) < 4.78 is 68.1. The molecule has 1 aliphatic heterocycles. The topological polar surface area (TPSA) is 145 Å². The van der Waals surface area contributed by atoms with Gasteiger partial charge in [0.25, 0.3) is 0 Å². The maximum Gasteiger partial charge on any atom is 0.309 e. The zero-order valence-corrected chi connectivity index (χ0v) is 25.8. The highest BCUT2D eigenvalue weighted by molar-refractivity contribution is 7.89. The van der Waals surface area contributed by atoms with Crippen molar-refractivity contribution in [1.82, 2.24) is 9.44 Å². The number of esters is 2. The monoisotopic (exact) mass is 618 g/mol. The van der Waals surface area contributed by atoms with E-state index in [0.29, 0.717) is 0 Å². The van der Waals surface area contributed by atoms with Crippen molar-refractivity contribution in [2.75, 3.05) is 13.2 Å². The SMILES string of the molecule is Cc1ccc(S(=O)(=O)N[C@@H]2COC(=O)C/C=C/[C@@H](C)[C@H](NS(=O)(=O)c3ccc(C)cc3)COC(=O)C/C=C/[C@H]2C)cc1. The highest BCUT2D eigenvalue weighted by atomic mass is 32.2. The minimum absolute atomic E-state index is 0.0794. The molecule has 0 aromatic heterocycles. The normalized spacial score (nSPS) is 24.8. The number of hydrogen-bond donors (Lipinski definition) is 2. The molecule has 0 unspecified atom stereocenters. The van der Waals surface area contributed by atoms with Crippen molar-refractivity contribution in [2.45, 2.75) is 62.4 Å². The van der Waals surface area contributed by atoms with Crippen LogP contribution in [-0.2, 0) is 39.1 Å². The third kappa shape index (κ3) is 9.90. The molecule has 0 amide bonds. The van der Waals surface area contributed by atoms with E-state index >= 15 is 0 Å². The predicted molar refractivity (Wildman–Crippen MR) is 158 cm³/mol. The van der Waals surface area contributed by atoms with Gasteiger partial charge in [-0.3, -0.25) is 9.59 Å². The summed E-state index contributed by atoms with van der Waals surface area (Å²) >= 11 is 0. The molecule has 10 nitrogen and oxygen atoms in total. The van der Waals surface area contributed by atoms with Crippen LogP contribution in [0.2, 0.25) is 0 Å². The van der Waals surface area contributed by atoms with Crippen LogP contribution in [0, 0.1) is 25.7 Å². The summed E-state index contributed by atoms with van der Waals surface area (Å²) in [5.74, 6) is -2.07. The first kappa shape index (κ1) is 33.2. The van der Waals surface area contributed by atoms with E-state index in [9.17, 15) is 26.4 Å². The van der Waals surface area contributed by atoms with E-state index in [-0.39, 0.29) is 35.8 Å². The number of rotatable bonds is 6. The van der Waals surface area contributed by atoms with Crippen LogP contribution in [0.25, 0.3) is 0 Å². The largest absolute Gasteiger partial charge is 0.464 e. The van der Waals surface area contributed by atoms with Gasteiger partial charge in [0.2, 0.25) is 20.0 Å². The molecular weight excluding hydrogens is 580 g/mol. The summed E-state index contributed by atoms with van der Waals surface area (Å²) in [6.07, 6.45) is 6.13. The Kier molecular flexibility index (Phi) is 11.6. The van der Waals surface area contributed by atoms with Crippen LogP contribution in [0.15, 0.2) is 82.6 Å². The Labute approximate surface area is 248 Å². The van der Waals surface area contributed by atoms with Crippen molar-refractivity contribution in [3.8, 4) is 0 Å². The molecule has 12 heteroatoms. The zero-order valence-electron chi connectivity index (χ0n) is 24.1. The molecule has 2 N–H and O–H groups in total. The number of carbonyl (C=O) groups excluding carboxylic acids is 2. The summed E-state index contributed by atoms with van der Waals surface area (Å²) in [6, 6.07) is 11.1. The van der Waals surface area contributed by atoms with Crippen LogP contribution in [0.1, 0.15) is 37.8 Å². The molecule has 2 aromatic carbocycles. The Bertz CT molecular complexity index is 1380. The lowest BCUT2D eigenvalue weighted by molar-refractivity contribution is -0.144. The highest BCUT2D eigenvalue weighted by Crippen LogP contribution is 2.17. The van der Waals surface area contributed by atoms with Gasteiger partial charge in [0, 0.05) is 0 Å². The summed E-state index contributed by atoms with van der Waals surface area (Å²) in [4.78, 5) is 25.2. The maximum absolute atomic E-state index is 13.0. The van der Waals surface area contributed by atoms with Crippen molar-refractivity contribution in [1.29, 1.82) is 0 Å². The summed E-state index contributed by atoms with van der Waals surface area (Å²) in [7, 11) is -7.83. The molecule has 2 aromatic rings. The molecule has 228 valence electrons. The molecule has 0 fully saturated rings. The van der Waals surface area contributed by atoms with Gasteiger partial charge in [-0.25, -0.2) is 26.3 Å². The molecule has 0 saturated carbocycles. The molecule has 1 heterocycles. The Morgan fingerprint density at radius 2 is 0.952 bits per heavy atom. The van der Waals surface area contributed by atoms with E-state index in [0.717, 1.165) is 11.1 Å². The van der Waals surface area contributed by atoms with Gasteiger partial charge in [0.15, 0.2) is 0 Å². The quantitative estimate of drug-likeness (QED) is 0.369. The minimum Gasteiger partial charge on any atom is -0.464 e. The van der Waals surface area contributed by atoms with Gasteiger partial charge < -0.3 is 9.47 Å². The lowest BCUT2D eigenvalue weighted by Crippen LogP contribution is -2.43. The van der Waals surface area contributed by atoms with Crippen LogP contribution in [0.3, 0.4) is 0 Å². The Hall–Kier alpha value is -3.32. The minimum atomic E-state index is -3.91. The number of nitrogens with one attached hydrogen (secondary N) is 2. The number of carbonyl (C=O) groups is 2. The number of aryl methyl sites for hydroxylation is 2. The fourth-order valence-electron chi connectivity index (χ4n) is 4.07. The molecule has 1 aliphatic rings. The fourth-order valence-corrected chi connectivity index (χ4v) is 6.69. The van der Waals surface area contributed by atoms with Gasteiger partial charge in [-0.1, -0.05) is 73.5 Å². The van der Waals surface area contributed by atoms with Crippen LogP contribution < -0.4 is 9.44 Å². The van der Waals surface area contributed by atoms with Crippen molar-refractivity contribution in [3.05, 3.63) is 84.0 Å². The van der Waals surface area contributed by atoms with Crippen molar-refractivity contribution >= 4 is 32.0 Å². The lowest BCUT2D eigenvalue weighted by atomic mass is 10.0. The average Bonchev–Trinajstić information content (AvgIpc) is 2.93. The van der Waals surface area contributed by atoms with Crippen LogP contribution >= 0.6 is 0 Å². The highest BCUT2D eigenvalue weighted by Gasteiger charge is 2.27. The van der Waals surface area contributed by atoms with Gasteiger partial charge in [0.05, 0.1) is 34.7 Å². The van der Waals surface area contributed by atoms with E-state index in [4.69, 9.17) is 9.47 Å². The fraction of sp³-hybridized carbons (Fsp3) is 0.400. The Balaban J connectivity index is 1.76. The number of ether oxygens (including phenoxy) is 2. The molecule has 3 rings (SSSR count). The van der Waals surface area contributed by atoms with Crippen molar-refractivity contribution in [3.63, 3.8) is 0 Å². The van der Waals surface area contributed by atoms with E-state index in [1.54, 1.807) is 62.4 Å². The molecular formula is C30H38N2O8S2. The summed E-state index contributed by atoms with van der Waals surface area (Å²) in [5, 5.41) is 0. The van der Waals surface area contributed by atoms with Gasteiger partial charge in [0.1, 0.15) is 13.2 Å². The molecule has 42 heavy (non-hydrogen) atoms. The number of sulfonamides is 2.